The van der Waals surface area contributed by atoms with Crippen LogP contribution in [0.15, 0.2) is 0 Å². The summed E-state index contributed by atoms with van der Waals surface area (Å²) in [5.74, 6) is -0.775. The predicted molar refractivity (Wildman–Crippen MR) is 82.5 cm³/mol. The highest BCUT2D eigenvalue weighted by Crippen LogP contribution is 2.28. The van der Waals surface area contributed by atoms with E-state index in [0.717, 1.165) is 0 Å². The quantitative estimate of drug-likeness (QED) is 0.435. The zero-order valence-corrected chi connectivity index (χ0v) is 14.2. The van der Waals surface area contributed by atoms with E-state index in [1.165, 1.54) is 7.11 Å². The molecule has 23 heavy (non-hydrogen) atoms. The van der Waals surface area contributed by atoms with E-state index in [4.69, 9.17) is 4.74 Å². The first-order valence-corrected chi connectivity index (χ1v) is 7.79. The molecule has 1 rings (SSSR count). The molecule has 1 fully saturated rings. The lowest BCUT2D eigenvalue weighted by Gasteiger charge is -2.35. The number of carbonyl (C=O) groups is 2. The Balaban J connectivity index is 2.58. The van der Waals surface area contributed by atoms with Crippen LogP contribution >= 0.6 is 0 Å². The Morgan fingerprint density at radius 2 is 1.87 bits per heavy atom. The number of likely N-dealkylation sites (tertiary alicyclic amines) is 1. The first-order valence-electron chi connectivity index (χ1n) is 7.79. The Bertz CT molecular complexity index is 438. The summed E-state index contributed by atoms with van der Waals surface area (Å²) >= 11 is 0. The average Bonchev–Trinajstić information content (AvgIpc) is 2.44. The lowest BCUT2D eigenvalue weighted by Crippen LogP contribution is -2.43. The van der Waals surface area contributed by atoms with Crippen LogP contribution in [0.2, 0.25) is 0 Å². The number of methoxy groups -OCH3 is 1. The first kappa shape index (κ1) is 19.2. The van der Waals surface area contributed by atoms with Crippen LogP contribution in [0.3, 0.4) is 0 Å². The number of hydrogen-bond acceptors (Lipinski definition) is 6. The second-order valence-corrected chi connectivity index (χ2v) is 6.86. The van der Waals surface area contributed by atoms with Crippen LogP contribution in [-0.4, -0.2) is 54.2 Å². The normalized spacial score (nSPS) is 17.5. The predicted octanol–water partition coefficient (Wildman–Crippen LogP) is 2.09. The Hall–Kier alpha value is -1.86. The van der Waals surface area contributed by atoms with E-state index >= 15 is 0 Å². The van der Waals surface area contributed by atoms with Gasteiger partial charge in [-0.1, -0.05) is 0 Å². The number of piperidine rings is 1. The lowest BCUT2D eigenvalue weighted by atomic mass is 9.82. The van der Waals surface area contributed by atoms with Gasteiger partial charge in [-0.25, -0.2) is 4.79 Å². The minimum Gasteiger partial charge on any atom is -0.469 e. The van der Waals surface area contributed by atoms with E-state index in [1.54, 1.807) is 25.7 Å². The SMILES string of the molecule is COC(=O)CC(C[N+](=O)[O-])C1CCN(C(=O)OC(C)(C)C)CC1. The molecule has 0 aromatic heterocycles. The molecular formula is C15H26N2O6. The van der Waals surface area contributed by atoms with E-state index in [2.05, 4.69) is 4.74 Å². The third kappa shape index (κ3) is 6.83. The number of nitro groups is 1. The number of hydrogen-bond donors (Lipinski definition) is 0. The number of ether oxygens (including phenoxy) is 2. The molecule has 132 valence electrons. The fourth-order valence-corrected chi connectivity index (χ4v) is 2.75. The highest BCUT2D eigenvalue weighted by molar-refractivity contribution is 5.69. The molecule has 0 aliphatic carbocycles. The highest BCUT2D eigenvalue weighted by Gasteiger charge is 2.34. The van der Waals surface area contributed by atoms with Gasteiger partial charge in [0, 0.05) is 23.9 Å². The Labute approximate surface area is 136 Å². The summed E-state index contributed by atoms with van der Waals surface area (Å²) in [6.07, 6.45) is 0.910. The zero-order valence-electron chi connectivity index (χ0n) is 14.2. The summed E-state index contributed by atoms with van der Waals surface area (Å²) in [6.45, 7) is 6.12. The van der Waals surface area contributed by atoms with Gasteiger partial charge in [-0.15, -0.1) is 0 Å². The maximum Gasteiger partial charge on any atom is 0.410 e. The standard InChI is InChI=1S/C15H26N2O6/c1-15(2,3)23-14(19)16-7-5-11(6-8-16)12(10-17(20)21)9-13(18)22-4/h11-12H,5-10H2,1-4H3. The van der Waals surface area contributed by atoms with Crippen LogP contribution in [0.25, 0.3) is 0 Å². The van der Waals surface area contributed by atoms with Crippen molar-refractivity contribution in [3.05, 3.63) is 10.1 Å². The van der Waals surface area contributed by atoms with Crippen molar-refractivity contribution >= 4 is 12.1 Å². The van der Waals surface area contributed by atoms with Gasteiger partial charge in [-0.05, 0) is 39.5 Å². The summed E-state index contributed by atoms with van der Waals surface area (Å²) in [7, 11) is 1.27. The van der Waals surface area contributed by atoms with Gasteiger partial charge < -0.3 is 14.4 Å². The van der Waals surface area contributed by atoms with Gasteiger partial charge in [0.05, 0.1) is 13.5 Å². The van der Waals surface area contributed by atoms with Gasteiger partial charge in [0.2, 0.25) is 6.54 Å². The largest absolute Gasteiger partial charge is 0.469 e. The maximum absolute atomic E-state index is 12.0. The molecule has 0 bridgehead atoms. The summed E-state index contributed by atoms with van der Waals surface area (Å²) < 4.78 is 9.95. The van der Waals surface area contributed by atoms with Crippen LogP contribution < -0.4 is 0 Å². The fraction of sp³-hybridized carbons (Fsp3) is 0.867. The molecule has 0 aromatic rings. The molecule has 1 aliphatic heterocycles. The van der Waals surface area contributed by atoms with Gasteiger partial charge in [0.15, 0.2) is 0 Å². The van der Waals surface area contributed by atoms with E-state index < -0.39 is 16.5 Å². The van der Waals surface area contributed by atoms with Gasteiger partial charge >= 0.3 is 12.1 Å². The molecule has 1 heterocycles. The van der Waals surface area contributed by atoms with E-state index in [9.17, 15) is 19.7 Å². The molecule has 1 atom stereocenters. The Morgan fingerprint density at radius 1 is 1.30 bits per heavy atom. The third-order valence-electron chi connectivity index (χ3n) is 3.90. The highest BCUT2D eigenvalue weighted by atomic mass is 16.6. The topological polar surface area (TPSA) is 99.0 Å². The smallest absolute Gasteiger partial charge is 0.410 e. The molecule has 1 amide bonds. The van der Waals surface area contributed by atoms with E-state index in [-0.39, 0.29) is 30.9 Å². The van der Waals surface area contributed by atoms with Gasteiger partial charge in [-0.3, -0.25) is 14.9 Å². The van der Waals surface area contributed by atoms with E-state index in [0.29, 0.717) is 25.9 Å². The van der Waals surface area contributed by atoms with Crippen LogP contribution in [-0.2, 0) is 14.3 Å². The Morgan fingerprint density at radius 3 is 2.30 bits per heavy atom. The molecule has 0 saturated carbocycles. The molecule has 0 aromatic carbocycles. The van der Waals surface area contributed by atoms with Crippen molar-refractivity contribution in [1.82, 2.24) is 4.90 Å². The minimum absolute atomic E-state index is 0.0261. The summed E-state index contributed by atoms with van der Waals surface area (Å²) in [4.78, 5) is 35.5. The number of esters is 1. The van der Waals surface area contributed by atoms with E-state index in [1.807, 2.05) is 0 Å². The fourth-order valence-electron chi connectivity index (χ4n) is 2.75. The number of rotatable bonds is 5. The van der Waals surface area contributed by atoms with Gasteiger partial charge in [0.25, 0.3) is 0 Å². The second-order valence-electron chi connectivity index (χ2n) is 6.86. The third-order valence-corrected chi connectivity index (χ3v) is 3.90. The second kappa shape index (κ2) is 8.12. The molecule has 1 unspecified atom stereocenters. The molecule has 0 radical (unpaired) electrons. The number of carbonyl (C=O) groups excluding carboxylic acids is 2. The van der Waals surface area contributed by atoms with Crippen molar-refractivity contribution < 1.29 is 24.0 Å². The number of nitrogens with zero attached hydrogens (tertiary/aromatic N) is 2. The van der Waals surface area contributed by atoms with Crippen LogP contribution in [0.4, 0.5) is 4.79 Å². The van der Waals surface area contributed by atoms with Crippen molar-refractivity contribution in [3.63, 3.8) is 0 Å². The molecule has 1 aliphatic rings. The first-order chi connectivity index (χ1) is 10.6. The monoisotopic (exact) mass is 330 g/mol. The van der Waals surface area contributed by atoms with Crippen molar-refractivity contribution in [2.24, 2.45) is 11.8 Å². The van der Waals surface area contributed by atoms with Gasteiger partial charge in [-0.2, -0.15) is 0 Å². The molecule has 0 N–H and O–H groups in total. The Kier molecular flexibility index (Phi) is 6.78. The summed E-state index contributed by atoms with van der Waals surface area (Å²) in [5, 5.41) is 10.8. The molecular weight excluding hydrogens is 304 g/mol. The van der Waals surface area contributed by atoms with Crippen LogP contribution in [0, 0.1) is 22.0 Å². The lowest BCUT2D eigenvalue weighted by molar-refractivity contribution is -0.490. The van der Waals surface area contributed by atoms with Crippen molar-refractivity contribution in [2.75, 3.05) is 26.7 Å². The number of amides is 1. The minimum atomic E-state index is -0.549. The van der Waals surface area contributed by atoms with Crippen molar-refractivity contribution in [2.45, 2.75) is 45.6 Å². The maximum atomic E-state index is 12.0. The zero-order chi connectivity index (χ0) is 17.6. The van der Waals surface area contributed by atoms with Crippen LogP contribution in [0.5, 0.6) is 0 Å². The molecule has 0 spiro atoms. The van der Waals surface area contributed by atoms with Gasteiger partial charge in [0.1, 0.15) is 5.60 Å². The molecule has 8 heteroatoms. The molecule has 1 saturated heterocycles. The average molecular weight is 330 g/mol. The van der Waals surface area contributed by atoms with Crippen molar-refractivity contribution in [3.8, 4) is 0 Å². The van der Waals surface area contributed by atoms with Crippen LogP contribution in [0.1, 0.15) is 40.0 Å². The van der Waals surface area contributed by atoms with Crippen molar-refractivity contribution in [1.29, 1.82) is 0 Å². The summed E-state index contributed by atoms with van der Waals surface area (Å²) in [5.41, 5.74) is -0.549. The summed E-state index contributed by atoms with van der Waals surface area (Å²) in [6, 6.07) is 0. The molecule has 8 nitrogen and oxygen atoms in total.